The third-order valence-electron chi connectivity index (χ3n) is 4.80. The zero-order valence-electron chi connectivity index (χ0n) is 15.6. The molecule has 2 aromatic rings. The van der Waals surface area contributed by atoms with Crippen LogP contribution in [0.3, 0.4) is 0 Å². The molecule has 1 fully saturated rings. The Bertz CT molecular complexity index is 738. The van der Waals surface area contributed by atoms with Crippen LogP contribution < -0.4 is 0 Å². The Morgan fingerprint density at radius 3 is 2.48 bits per heavy atom. The Morgan fingerprint density at radius 2 is 1.84 bits per heavy atom. The molecule has 134 valence electrons. The standard InChI is InChI=1S/C19H27N5O/c1-5-24-15(6-9-22-24)17-16(20-10-11-21-17)14-7-12-23(13-8-14)18(25)19(2,3)4/h6,9-11,14H,5,7-8,12-13H2,1-4H3. The molecule has 0 aromatic carbocycles. The van der Waals surface area contributed by atoms with E-state index in [0.717, 1.165) is 49.6 Å². The summed E-state index contributed by atoms with van der Waals surface area (Å²) >= 11 is 0. The van der Waals surface area contributed by atoms with E-state index >= 15 is 0 Å². The molecule has 1 saturated heterocycles. The molecular weight excluding hydrogens is 314 g/mol. The predicted octanol–water partition coefficient (Wildman–Crippen LogP) is 3.11. The van der Waals surface area contributed by atoms with Crippen molar-refractivity contribution in [3.8, 4) is 11.4 Å². The second kappa shape index (κ2) is 6.94. The number of carbonyl (C=O) groups is 1. The Morgan fingerprint density at radius 1 is 1.16 bits per heavy atom. The van der Waals surface area contributed by atoms with E-state index in [0.29, 0.717) is 5.92 Å². The fraction of sp³-hybridized carbons (Fsp3) is 0.579. The van der Waals surface area contributed by atoms with E-state index in [1.165, 1.54) is 0 Å². The van der Waals surface area contributed by atoms with Crippen LogP contribution in [0, 0.1) is 5.41 Å². The summed E-state index contributed by atoms with van der Waals surface area (Å²) in [6.07, 6.45) is 7.16. The van der Waals surface area contributed by atoms with Gasteiger partial charge in [-0.05, 0) is 25.8 Å². The van der Waals surface area contributed by atoms with Crippen molar-refractivity contribution in [3.63, 3.8) is 0 Å². The van der Waals surface area contributed by atoms with Crippen LogP contribution in [-0.4, -0.2) is 43.6 Å². The third-order valence-corrected chi connectivity index (χ3v) is 4.80. The van der Waals surface area contributed by atoms with Crippen LogP contribution in [0.4, 0.5) is 0 Å². The summed E-state index contributed by atoms with van der Waals surface area (Å²) in [6.45, 7) is 10.4. The predicted molar refractivity (Wildman–Crippen MR) is 96.9 cm³/mol. The van der Waals surface area contributed by atoms with Crippen molar-refractivity contribution in [2.75, 3.05) is 13.1 Å². The van der Waals surface area contributed by atoms with E-state index < -0.39 is 0 Å². The first-order chi connectivity index (χ1) is 11.9. The summed E-state index contributed by atoms with van der Waals surface area (Å²) in [6, 6.07) is 2.00. The molecule has 1 aliphatic heterocycles. The van der Waals surface area contributed by atoms with Crippen LogP contribution in [0.15, 0.2) is 24.7 Å². The Hall–Kier alpha value is -2.24. The maximum Gasteiger partial charge on any atom is 0.227 e. The average molecular weight is 341 g/mol. The summed E-state index contributed by atoms with van der Waals surface area (Å²) < 4.78 is 1.95. The normalized spacial score (nSPS) is 16.2. The van der Waals surface area contributed by atoms with Gasteiger partial charge in [0.05, 0.1) is 11.4 Å². The summed E-state index contributed by atoms with van der Waals surface area (Å²) in [5.41, 5.74) is 2.64. The Labute approximate surface area is 149 Å². The molecule has 0 saturated carbocycles. The monoisotopic (exact) mass is 341 g/mol. The summed E-state index contributed by atoms with van der Waals surface area (Å²) in [4.78, 5) is 23.7. The summed E-state index contributed by atoms with van der Waals surface area (Å²) in [7, 11) is 0. The van der Waals surface area contributed by atoms with E-state index in [1.54, 1.807) is 12.4 Å². The lowest BCUT2D eigenvalue weighted by Crippen LogP contribution is -2.43. The quantitative estimate of drug-likeness (QED) is 0.860. The zero-order valence-corrected chi connectivity index (χ0v) is 15.6. The Kier molecular flexibility index (Phi) is 4.88. The number of nitrogens with zero attached hydrogens (tertiary/aromatic N) is 5. The molecule has 0 spiro atoms. The lowest BCUT2D eigenvalue weighted by molar-refractivity contribution is -0.140. The molecule has 1 amide bonds. The first-order valence-electron chi connectivity index (χ1n) is 9.04. The average Bonchev–Trinajstić information content (AvgIpc) is 3.09. The molecule has 25 heavy (non-hydrogen) atoms. The molecule has 6 heteroatoms. The van der Waals surface area contributed by atoms with Crippen molar-refractivity contribution < 1.29 is 4.79 Å². The van der Waals surface area contributed by atoms with Gasteiger partial charge in [-0.15, -0.1) is 0 Å². The van der Waals surface area contributed by atoms with Crippen molar-refractivity contribution in [2.24, 2.45) is 5.41 Å². The zero-order chi connectivity index (χ0) is 18.0. The number of aryl methyl sites for hydroxylation is 1. The topological polar surface area (TPSA) is 63.9 Å². The molecule has 0 N–H and O–H groups in total. The molecule has 0 bridgehead atoms. The number of hydrogen-bond acceptors (Lipinski definition) is 4. The van der Waals surface area contributed by atoms with Gasteiger partial charge in [0.2, 0.25) is 5.91 Å². The minimum Gasteiger partial charge on any atom is -0.342 e. The van der Waals surface area contributed by atoms with Gasteiger partial charge in [-0.1, -0.05) is 20.8 Å². The van der Waals surface area contributed by atoms with Crippen LogP contribution in [0.1, 0.15) is 52.1 Å². The molecule has 3 rings (SSSR count). The van der Waals surface area contributed by atoms with Crippen LogP contribution >= 0.6 is 0 Å². The van der Waals surface area contributed by atoms with Gasteiger partial charge in [0.15, 0.2) is 0 Å². The highest BCUT2D eigenvalue weighted by Crippen LogP contribution is 2.33. The van der Waals surface area contributed by atoms with Crippen LogP contribution in [-0.2, 0) is 11.3 Å². The molecule has 0 atom stereocenters. The van der Waals surface area contributed by atoms with Gasteiger partial charge in [-0.25, -0.2) is 0 Å². The molecule has 0 unspecified atom stereocenters. The number of aromatic nitrogens is 4. The van der Waals surface area contributed by atoms with E-state index in [-0.39, 0.29) is 11.3 Å². The van der Waals surface area contributed by atoms with Gasteiger partial charge in [0.25, 0.3) is 0 Å². The largest absolute Gasteiger partial charge is 0.342 e. The van der Waals surface area contributed by atoms with Crippen LogP contribution in [0.5, 0.6) is 0 Å². The molecular formula is C19H27N5O. The molecule has 0 radical (unpaired) electrons. The van der Waals surface area contributed by atoms with E-state index in [4.69, 9.17) is 0 Å². The number of likely N-dealkylation sites (tertiary alicyclic amines) is 1. The lowest BCUT2D eigenvalue weighted by Gasteiger charge is -2.35. The first-order valence-corrected chi connectivity index (χ1v) is 9.04. The lowest BCUT2D eigenvalue weighted by atomic mass is 9.88. The maximum absolute atomic E-state index is 12.5. The molecule has 6 nitrogen and oxygen atoms in total. The molecule has 3 heterocycles. The van der Waals surface area contributed by atoms with Crippen molar-refractivity contribution in [2.45, 2.75) is 53.0 Å². The highest BCUT2D eigenvalue weighted by molar-refractivity contribution is 5.81. The summed E-state index contributed by atoms with van der Waals surface area (Å²) in [5, 5.41) is 4.36. The van der Waals surface area contributed by atoms with E-state index in [2.05, 4.69) is 22.0 Å². The second-order valence-corrected chi connectivity index (χ2v) is 7.64. The molecule has 1 aliphatic rings. The third kappa shape index (κ3) is 3.57. The van der Waals surface area contributed by atoms with Crippen molar-refractivity contribution >= 4 is 5.91 Å². The fourth-order valence-electron chi connectivity index (χ4n) is 3.46. The van der Waals surface area contributed by atoms with E-state index in [1.807, 2.05) is 42.6 Å². The molecule has 2 aromatic heterocycles. The highest BCUT2D eigenvalue weighted by atomic mass is 16.2. The SMILES string of the molecule is CCn1nccc1-c1nccnc1C1CCN(C(=O)C(C)(C)C)CC1. The number of amides is 1. The van der Waals surface area contributed by atoms with Gasteiger partial charge in [-0.2, -0.15) is 5.10 Å². The number of rotatable bonds is 3. The van der Waals surface area contributed by atoms with Crippen molar-refractivity contribution in [1.29, 1.82) is 0 Å². The van der Waals surface area contributed by atoms with E-state index in [9.17, 15) is 4.79 Å². The fourth-order valence-corrected chi connectivity index (χ4v) is 3.46. The number of carbonyl (C=O) groups excluding carboxylic acids is 1. The Balaban J connectivity index is 1.80. The second-order valence-electron chi connectivity index (χ2n) is 7.64. The van der Waals surface area contributed by atoms with Crippen LogP contribution in [0.2, 0.25) is 0 Å². The summed E-state index contributed by atoms with van der Waals surface area (Å²) in [5.74, 6) is 0.558. The minimum atomic E-state index is -0.321. The number of hydrogen-bond donors (Lipinski definition) is 0. The van der Waals surface area contributed by atoms with Crippen molar-refractivity contribution in [1.82, 2.24) is 24.6 Å². The van der Waals surface area contributed by atoms with Gasteiger partial charge < -0.3 is 4.90 Å². The smallest absolute Gasteiger partial charge is 0.227 e. The van der Waals surface area contributed by atoms with Gasteiger partial charge in [-0.3, -0.25) is 19.4 Å². The number of piperidine rings is 1. The molecule has 0 aliphatic carbocycles. The minimum absolute atomic E-state index is 0.231. The van der Waals surface area contributed by atoms with Crippen molar-refractivity contribution in [3.05, 3.63) is 30.4 Å². The maximum atomic E-state index is 12.5. The van der Waals surface area contributed by atoms with Gasteiger partial charge in [0, 0.05) is 49.6 Å². The van der Waals surface area contributed by atoms with Gasteiger partial charge in [0.1, 0.15) is 5.69 Å². The van der Waals surface area contributed by atoms with Crippen LogP contribution in [0.25, 0.3) is 11.4 Å². The van der Waals surface area contributed by atoms with Gasteiger partial charge >= 0.3 is 0 Å². The highest BCUT2D eigenvalue weighted by Gasteiger charge is 2.32. The first kappa shape index (κ1) is 17.6.